The Balaban J connectivity index is 2.41. The molecule has 0 heterocycles. The maximum atomic E-state index is 11.4. The Morgan fingerprint density at radius 1 is 1.36 bits per heavy atom. The van der Waals surface area contributed by atoms with E-state index in [0.717, 1.165) is 12.8 Å². The molecule has 3 nitrogen and oxygen atoms in total. The molecule has 0 aromatic heterocycles. The van der Waals surface area contributed by atoms with Gasteiger partial charge in [0, 0.05) is 5.75 Å². The first-order valence-electron chi connectivity index (χ1n) is 5.30. The summed E-state index contributed by atoms with van der Waals surface area (Å²) in [5, 5.41) is 9.47. The van der Waals surface area contributed by atoms with Gasteiger partial charge in [-0.3, -0.25) is 0 Å². The van der Waals surface area contributed by atoms with E-state index in [1.807, 2.05) is 6.92 Å². The maximum absolute atomic E-state index is 11.4. The summed E-state index contributed by atoms with van der Waals surface area (Å²) in [7, 11) is -2.87. The molecule has 0 amide bonds. The molecule has 0 spiro atoms. The lowest BCUT2D eigenvalue weighted by molar-refractivity contribution is 0.108. The molecule has 1 atom stereocenters. The third-order valence-electron chi connectivity index (χ3n) is 3.20. The van der Waals surface area contributed by atoms with Crippen molar-refractivity contribution in [2.45, 2.75) is 45.6 Å². The van der Waals surface area contributed by atoms with E-state index in [2.05, 4.69) is 0 Å². The van der Waals surface area contributed by atoms with Crippen molar-refractivity contribution in [3.8, 4) is 0 Å². The zero-order chi connectivity index (χ0) is 10.8. The maximum Gasteiger partial charge on any atom is 0.150 e. The molecule has 0 saturated heterocycles. The Labute approximate surface area is 86.4 Å². The molecule has 1 fully saturated rings. The minimum Gasteiger partial charge on any atom is -0.393 e. The van der Waals surface area contributed by atoms with Crippen LogP contribution in [0.3, 0.4) is 0 Å². The van der Waals surface area contributed by atoms with Crippen LogP contribution in [0.5, 0.6) is 0 Å². The molecular weight excluding hydrogens is 200 g/mol. The van der Waals surface area contributed by atoms with E-state index in [9.17, 15) is 13.5 Å². The molecule has 1 unspecified atom stereocenters. The smallest absolute Gasteiger partial charge is 0.150 e. The second-order valence-electron chi connectivity index (χ2n) is 4.44. The summed E-state index contributed by atoms with van der Waals surface area (Å²) in [6, 6.07) is 0. The number of aliphatic hydroxyl groups is 1. The van der Waals surface area contributed by atoms with Crippen LogP contribution in [0.15, 0.2) is 0 Å². The van der Waals surface area contributed by atoms with E-state index in [4.69, 9.17) is 0 Å². The first kappa shape index (κ1) is 12.0. The highest BCUT2D eigenvalue weighted by Crippen LogP contribution is 2.51. The van der Waals surface area contributed by atoms with Gasteiger partial charge in [-0.1, -0.05) is 6.92 Å². The molecule has 0 radical (unpaired) electrons. The van der Waals surface area contributed by atoms with Crippen molar-refractivity contribution in [1.29, 1.82) is 0 Å². The summed E-state index contributed by atoms with van der Waals surface area (Å²) in [5.41, 5.74) is -0.0686. The average molecular weight is 220 g/mol. The lowest BCUT2D eigenvalue weighted by Crippen LogP contribution is -2.22. The van der Waals surface area contributed by atoms with Crippen LogP contribution < -0.4 is 0 Å². The van der Waals surface area contributed by atoms with Crippen molar-refractivity contribution in [2.75, 3.05) is 11.5 Å². The molecule has 1 aliphatic carbocycles. The van der Waals surface area contributed by atoms with Gasteiger partial charge in [0.1, 0.15) is 9.84 Å². The van der Waals surface area contributed by atoms with Gasteiger partial charge in [-0.05, 0) is 38.0 Å². The first-order chi connectivity index (χ1) is 6.42. The van der Waals surface area contributed by atoms with Gasteiger partial charge in [0.2, 0.25) is 0 Å². The van der Waals surface area contributed by atoms with E-state index >= 15 is 0 Å². The number of hydrogen-bond donors (Lipinski definition) is 1. The lowest BCUT2D eigenvalue weighted by Gasteiger charge is -2.17. The normalized spacial score (nSPS) is 21.9. The lowest BCUT2D eigenvalue weighted by atomic mass is 9.98. The molecule has 0 bridgehead atoms. The molecule has 84 valence electrons. The van der Waals surface area contributed by atoms with Crippen molar-refractivity contribution in [1.82, 2.24) is 0 Å². The van der Waals surface area contributed by atoms with Gasteiger partial charge in [-0.15, -0.1) is 0 Å². The monoisotopic (exact) mass is 220 g/mol. The van der Waals surface area contributed by atoms with Crippen LogP contribution in [0.2, 0.25) is 0 Å². The zero-order valence-electron chi connectivity index (χ0n) is 8.99. The standard InChI is InChI=1S/C10H20O3S/c1-3-7-14(12,13)8-6-10(4-5-10)9(2)11/h9,11H,3-8H2,1-2H3. The number of rotatable bonds is 6. The summed E-state index contributed by atoms with van der Waals surface area (Å²) in [6.07, 6.45) is 2.91. The van der Waals surface area contributed by atoms with Crippen LogP contribution >= 0.6 is 0 Å². The summed E-state index contributed by atoms with van der Waals surface area (Å²) in [5.74, 6) is 0.522. The predicted octanol–water partition coefficient (Wildman–Crippen LogP) is 1.36. The minimum absolute atomic E-state index is 0.0686. The van der Waals surface area contributed by atoms with Gasteiger partial charge in [0.15, 0.2) is 0 Å². The fourth-order valence-electron chi connectivity index (χ4n) is 1.81. The van der Waals surface area contributed by atoms with Gasteiger partial charge in [0.05, 0.1) is 11.9 Å². The molecule has 1 saturated carbocycles. The van der Waals surface area contributed by atoms with Gasteiger partial charge in [0.25, 0.3) is 0 Å². The van der Waals surface area contributed by atoms with E-state index < -0.39 is 9.84 Å². The summed E-state index contributed by atoms with van der Waals surface area (Å²) >= 11 is 0. The Bertz CT molecular complexity index is 276. The average Bonchev–Trinajstić information content (AvgIpc) is 2.81. The molecular formula is C10H20O3S. The Kier molecular flexibility index (Phi) is 3.58. The third-order valence-corrected chi connectivity index (χ3v) is 5.06. The van der Waals surface area contributed by atoms with E-state index in [0.29, 0.717) is 12.8 Å². The highest BCUT2D eigenvalue weighted by molar-refractivity contribution is 7.91. The molecule has 1 rings (SSSR count). The highest BCUT2D eigenvalue weighted by atomic mass is 32.2. The topological polar surface area (TPSA) is 54.4 Å². The van der Waals surface area contributed by atoms with Gasteiger partial charge in [-0.2, -0.15) is 0 Å². The molecule has 0 aliphatic heterocycles. The summed E-state index contributed by atoms with van der Waals surface area (Å²) in [4.78, 5) is 0. The van der Waals surface area contributed by atoms with E-state index in [1.54, 1.807) is 6.92 Å². The first-order valence-corrected chi connectivity index (χ1v) is 7.12. The fraction of sp³-hybridized carbons (Fsp3) is 1.00. The van der Waals surface area contributed by atoms with Crippen LogP contribution in [-0.2, 0) is 9.84 Å². The molecule has 0 aromatic rings. The van der Waals surface area contributed by atoms with Crippen LogP contribution in [0.25, 0.3) is 0 Å². The van der Waals surface area contributed by atoms with E-state index in [1.165, 1.54) is 0 Å². The highest BCUT2D eigenvalue weighted by Gasteiger charge is 2.46. The number of sulfone groups is 1. The van der Waals surface area contributed by atoms with Crippen molar-refractivity contribution in [3.63, 3.8) is 0 Å². The molecule has 1 N–H and O–H groups in total. The third kappa shape index (κ3) is 2.95. The largest absolute Gasteiger partial charge is 0.393 e. The van der Waals surface area contributed by atoms with Gasteiger partial charge < -0.3 is 5.11 Å². The second kappa shape index (κ2) is 4.19. The van der Waals surface area contributed by atoms with Crippen LogP contribution in [0.4, 0.5) is 0 Å². The molecule has 14 heavy (non-hydrogen) atoms. The van der Waals surface area contributed by atoms with Gasteiger partial charge >= 0.3 is 0 Å². The Hall–Kier alpha value is -0.0900. The SMILES string of the molecule is CCCS(=O)(=O)CCC1(C(C)O)CC1. The predicted molar refractivity (Wildman–Crippen MR) is 56.9 cm³/mol. The quantitative estimate of drug-likeness (QED) is 0.735. The Morgan fingerprint density at radius 3 is 2.29 bits per heavy atom. The summed E-state index contributed by atoms with van der Waals surface area (Å²) < 4.78 is 22.9. The minimum atomic E-state index is -2.87. The fourth-order valence-corrected chi connectivity index (χ4v) is 3.35. The number of hydrogen-bond acceptors (Lipinski definition) is 3. The zero-order valence-corrected chi connectivity index (χ0v) is 9.81. The van der Waals surface area contributed by atoms with Gasteiger partial charge in [-0.25, -0.2) is 8.42 Å². The van der Waals surface area contributed by atoms with Crippen molar-refractivity contribution in [2.24, 2.45) is 5.41 Å². The molecule has 4 heteroatoms. The summed E-state index contributed by atoms with van der Waals surface area (Å²) in [6.45, 7) is 3.64. The van der Waals surface area contributed by atoms with Crippen molar-refractivity contribution < 1.29 is 13.5 Å². The number of aliphatic hydroxyl groups excluding tert-OH is 1. The van der Waals surface area contributed by atoms with Crippen molar-refractivity contribution >= 4 is 9.84 Å². The van der Waals surface area contributed by atoms with E-state index in [-0.39, 0.29) is 23.0 Å². The van der Waals surface area contributed by atoms with Crippen molar-refractivity contribution in [3.05, 3.63) is 0 Å². The second-order valence-corrected chi connectivity index (χ2v) is 6.74. The van der Waals surface area contributed by atoms with Crippen LogP contribution in [0.1, 0.15) is 39.5 Å². The van der Waals surface area contributed by atoms with Crippen LogP contribution in [0, 0.1) is 5.41 Å². The Morgan fingerprint density at radius 2 is 1.93 bits per heavy atom. The van der Waals surface area contributed by atoms with Crippen LogP contribution in [-0.4, -0.2) is 31.1 Å². The molecule has 0 aromatic carbocycles. The molecule has 1 aliphatic rings.